The van der Waals surface area contributed by atoms with Crippen LogP contribution < -0.4 is 11.0 Å². The fourth-order valence-corrected chi connectivity index (χ4v) is 2.26. The molecule has 1 aromatic carbocycles. The monoisotopic (exact) mass is 318 g/mol. The van der Waals surface area contributed by atoms with E-state index in [0.29, 0.717) is 6.54 Å². The highest BCUT2D eigenvalue weighted by atomic mass is 79.9. The highest BCUT2D eigenvalue weighted by Crippen LogP contribution is 2.15. The Morgan fingerprint density at radius 1 is 1.16 bits per heavy atom. The first-order valence-corrected chi connectivity index (χ1v) is 6.57. The fourth-order valence-electron chi connectivity index (χ4n) is 1.88. The van der Waals surface area contributed by atoms with E-state index in [0.717, 1.165) is 27.0 Å². The van der Waals surface area contributed by atoms with E-state index in [1.54, 1.807) is 0 Å². The van der Waals surface area contributed by atoms with Crippen LogP contribution in [0.5, 0.6) is 0 Å². The summed E-state index contributed by atoms with van der Waals surface area (Å²) in [6.07, 6.45) is 0. The van der Waals surface area contributed by atoms with Crippen LogP contribution in [0, 0.1) is 0 Å². The third-order valence-corrected chi connectivity index (χ3v) is 3.20. The predicted molar refractivity (Wildman–Crippen MR) is 78.2 cm³/mol. The number of anilines is 1. The minimum Gasteiger partial charge on any atom is -0.379 e. The number of aromatic nitrogens is 3. The normalized spacial score (nSPS) is 10.8. The van der Waals surface area contributed by atoms with Crippen molar-refractivity contribution in [2.75, 3.05) is 5.32 Å². The van der Waals surface area contributed by atoms with Crippen molar-refractivity contribution >= 4 is 32.7 Å². The molecule has 3 aromatic rings. The van der Waals surface area contributed by atoms with E-state index in [2.05, 4.69) is 36.2 Å². The van der Waals surface area contributed by atoms with E-state index >= 15 is 0 Å². The van der Waals surface area contributed by atoms with E-state index in [4.69, 9.17) is 0 Å². The van der Waals surface area contributed by atoms with Crippen LogP contribution in [-0.4, -0.2) is 15.0 Å². The van der Waals surface area contributed by atoms with Crippen molar-refractivity contribution < 1.29 is 0 Å². The van der Waals surface area contributed by atoms with Crippen LogP contribution >= 0.6 is 15.9 Å². The molecule has 2 heterocycles. The van der Waals surface area contributed by atoms with E-state index in [1.807, 2.05) is 36.4 Å². The zero-order valence-electron chi connectivity index (χ0n) is 9.90. The van der Waals surface area contributed by atoms with Gasteiger partial charge in [-0.3, -0.25) is 0 Å². The maximum absolute atomic E-state index is 11.2. The number of nitrogens with zero attached hydrogens (tertiary/aromatic N) is 1. The smallest absolute Gasteiger partial charge is 0.323 e. The Balaban J connectivity index is 1.79. The van der Waals surface area contributed by atoms with Crippen molar-refractivity contribution in [1.82, 2.24) is 15.0 Å². The second-order valence-corrected chi connectivity index (χ2v) is 4.96. The number of hydrogen-bond donors (Lipinski definition) is 3. The number of fused-ring (bicyclic) bond motifs is 1. The Hall–Kier alpha value is -2.08. The first-order valence-electron chi connectivity index (χ1n) is 5.78. The van der Waals surface area contributed by atoms with Crippen LogP contribution in [0.2, 0.25) is 0 Å². The number of pyridine rings is 1. The van der Waals surface area contributed by atoms with Gasteiger partial charge in [0.15, 0.2) is 0 Å². The molecule has 5 nitrogen and oxygen atoms in total. The maximum Gasteiger partial charge on any atom is 0.323 e. The second-order valence-electron chi connectivity index (χ2n) is 4.14. The minimum absolute atomic E-state index is 0.194. The molecule has 0 aliphatic rings. The fraction of sp³-hybridized carbons (Fsp3) is 0.0769. The molecule has 96 valence electrons. The number of benzene rings is 1. The lowest BCUT2D eigenvalue weighted by molar-refractivity contribution is 1.03. The van der Waals surface area contributed by atoms with Gasteiger partial charge in [-0.15, -0.1) is 0 Å². The predicted octanol–water partition coefficient (Wildman–Crippen LogP) is 2.63. The number of nitrogens with one attached hydrogen (secondary N) is 3. The number of halogens is 1. The molecule has 0 bridgehead atoms. The lowest BCUT2D eigenvalue weighted by atomic mass is 10.2. The first kappa shape index (κ1) is 12.0. The van der Waals surface area contributed by atoms with Gasteiger partial charge in [0, 0.05) is 5.69 Å². The van der Waals surface area contributed by atoms with E-state index in [-0.39, 0.29) is 5.69 Å². The Morgan fingerprint density at radius 2 is 2.00 bits per heavy atom. The summed E-state index contributed by atoms with van der Waals surface area (Å²) in [5, 5.41) is 3.27. The molecule has 0 aliphatic heterocycles. The maximum atomic E-state index is 11.2. The molecule has 0 fully saturated rings. The molecule has 0 atom stereocenters. The Bertz CT molecular complexity index is 777. The van der Waals surface area contributed by atoms with E-state index < -0.39 is 0 Å². The van der Waals surface area contributed by atoms with Gasteiger partial charge in [-0.2, -0.15) is 0 Å². The van der Waals surface area contributed by atoms with Crippen LogP contribution in [0.3, 0.4) is 0 Å². The molecule has 0 saturated carbocycles. The van der Waals surface area contributed by atoms with Crippen LogP contribution in [0.4, 0.5) is 5.69 Å². The van der Waals surface area contributed by atoms with Crippen LogP contribution in [0.15, 0.2) is 45.8 Å². The van der Waals surface area contributed by atoms with Gasteiger partial charge in [0.25, 0.3) is 0 Å². The van der Waals surface area contributed by atoms with Gasteiger partial charge in [0.2, 0.25) is 0 Å². The van der Waals surface area contributed by atoms with Crippen molar-refractivity contribution in [2.45, 2.75) is 6.54 Å². The summed E-state index contributed by atoms with van der Waals surface area (Å²) in [7, 11) is 0. The highest BCUT2D eigenvalue weighted by Gasteiger charge is 2.00. The minimum atomic E-state index is -0.194. The number of hydrogen-bond acceptors (Lipinski definition) is 3. The molecule has 0 saturated heterocycles. The number of rotatable bonds is 3. The summed E-state index contributed by atoms with van der Waals surface area (Å²) in [6.45, 7) is 0.625. The third kappa shape index (κ3) is 2.68. The van der Waals surface area contributed by atoms with Gasteiger partial charge in [-0.1, -0.05) is 6.07 Å². The lowest BCUT2D eigenvalue weighted by Crippen LogP contribution is -2.01. The topological polar surface area (TPSA) is 73.6 Å². The molecule has 0 aliphatic carbocycles. The van der Waals surface area contributed by atoms with Crippen molar-refractivity contribution in [1.29, 1.82) is 0 Å². The summed E-state index contributed by atoms with van der Waals surface area (Å²) in [5.41, 5.74) is 3.27. The number of aromatic amines is 2. The van der Waals surface area contributed by atoms with Gasteiger partial charge in [-0.05, 0) is 46.3 Å². The van der Waals surface area contributed by atoms with Gasteiger partial charge in [-0.25, -0.2) is 9.78 Å². The average molecular weight is 319 g/mol. The molecule has 3 rings (SSSR count). The molecule has 2 aromatic heterocycles. The van der Waals surface area contributed by atoms with Gasteiger partial charge < -0.3 is 15.3 Å². The standard InChI is InChI=1S/C13H11BrN4O/c14-12-3-1-2-9(16-12)7-15-8-4-5-10-11(6-8)18-13(19)17-10/h1-6,15H,7H2,(H2,17,18,19). The quantitative estimate of drug-likeness (QED) is 0.650. The van der Waals surface area contributed by atoms with Gasteiger partial charge in [0.1, 0.15) is 4.60 Å². The molecular formula is C13H11BrN4O. The molecule has 0 spiro atoms. The summed E-state index contributed by atoms with van der Waals surface area (Å²) >= 11 is 3.34. The molecular weight excluding hydrogens is 308 g/mol. The van der Waals surface area contributed by atoms with Crippen molar-refractivity contribution in [3.8, 4) is 0 Å². The van der Waals surface area contributed by atoms with E-state index in [9.17, 15) is 4.79 Å². The molecule has 6 heteroatoms. The van der Waals surface area contributed by atoms with Crippen LogP contribution in [0.1, 0.15) is 5.69 Å². The third-order valence-electron chi connectivity index (χ3n) is 2.76. The summed E-state index contributed by atoms with van der Waals surface area (Å²) in [5.74, 6) is 0. The van der Waals surface area contributed by atoms with Crippen molar-refractivity contribution in [2.24, 2.45) is 0 Å². The van der Waals surface area contributed by atoms with Crippen LogP contribution in [-0.2, 0) is 6.54 Å². The molecule has 0 unspecified atom stereocenters. The zero-order chi connectivity index (χ0) is 13.2. The van der Waals surface area contributed by atoms with Crippen LogP contribution in [0.25, 0.3) is 11.0 Å². The summed E-state index contributed by atoms with van der Waals surface area (Å²) in [4.78, 5) is 21.0. The summed E-state index contributed by atoms with van der Waals surface area (Å²) in [6, 6.07) is 11.5. The summed E-state index contributed by atoms with van der Waals surface area (Å²) < 4.78 is 0.817. The Labute approximate surface area is 117 Å². The second kappa shape index (κ2) is 4.89. The molecule has 3 N–H and O–H groups in total. The number of imidazole rings is 1. The zero-order valence-corrected chi connectivity index (χ0v) is 11.5. The van der Waals surface area contributed by atoms with Gasteiger partial charge in [0.05, 0.1) is 23.3 Å². The molecule has 0 radical (unpaired) electrons. The SMILES string of the molecule is O=c1[nH]c2ccc(NCc3cccc(Br)n3)cc2[nH]1. The van der Waals surface area contributed by atoms with Gasteiger partial charge >= 0.3 is 5.69 Å². The molecule has 19 heavy (non-hydrogen) atoms. The Morgan fingerprint density at radius 3 is 2.84 bits per heavy atom. The van der Waals surface area contributed by atoms with Crippen molar-refractivity contribution in [3.63, 3.8) is 0 Å². The average Bonchev–Trinajstić information content (AvgIpc) is 2.75. The largest absolute Gasteiger partial charge is 0.379 e. The first-order chi connectivity index (χ1) is 9.20. The number of H-pyrrole nitrogens is 2. The molecule has 0 amide bonds. The highest BCUT2D eigenvalue weighted by molar-refractivity contribution is 9.10. The lowest BCUT2D eigenvalue weighted by Gasteiger charge is -2.06. The Kier molecular flexibility index (Phi) is 3.08. The van der Waals surface area contributed by atoms with E-state index in [1.165, 1.54) is 0 Å². The van der Waals surface area contributed by atoms with Crippen molar-refractivity contribution in [3.05, 3.63) is 57.2 Å².